The summed E-state index contributed by atoms with van der Waals surface area (Å²) in [6.07, 6.45) is 3.50. The second kappa shape index (κ2) is 6.70. The molecule has 0 aliphatic heterocycles. The van der Waals surface area contributed by atoms with E-state index in [2.05, 4.69) is 20.8 Å². The SMILES string of the molecule is CCOC(=O)CC(C)=NC1CC(C)(C)CC(C)(CN)C1. The molecule has 0 radical (unpaired) electrons. The summed E-state index contributed by atoms with van der Waals surface area (Å²) in [5.74, 6) is -0.189. The third kappa shape index (κ3) is 5.23. The number of nitrogens with zero attached hydrogens (tertiary/aromatic N) is 1. The predicted octanol–water partition coefficient (Wildman–Crippen LogP) is 2.94. The molecule has 1 aliphatic carbocycles. The summed E-state index contributed by atoms with van der Waals surface area (Å²) in [6, 6.07) is 0.265. The van der Waals surface area contributed by atoms with Gasteiger partial charge in [-0.15, -0.1) is 0 Å². The lowest BCUT2D eigenvalue weighted by Gasteiger charge is -2.45. The highest BCUT2D eigenvalue weighted by atomic mass is 16.5. The molecule has 1 fully saturated rings. The van der Waals surface area contributed by atoms with E-state index in [9.17, 15) is 4.79 Å². The van der Waals surface area contributed by atoms with Crippen LogP contribution in [-0.4, -0.2) is 30.9 Å². The fourth-order valence-electron chi connectivity index (χ4n) is 3.60. The van der Waals surface area contributed by atoms with Crippen LogP contribution in [0.4, 0.5) is 0 Å². The van der Waals surface area contributed by atoms with Gasteiger partial charge in [0.25, 0.3) is 0 Å². The average Bonchev–Trinajstić information content (AvgIpc) is 2.25. The molecule has 0 aromatic heterocycles. The molecule has 20 heavy (non-hydrogen) atoms. The monoisotopic (exact) mass is 282 g/mol. The summed E-state index contributed by atoms with van der Waals surface area (Å²) in [6.45, 7) is 11.7. The zero-order chi connectivity index (χ0) is 15.4. The fourth-order valence-corrected chi connectivity index (χ4v) is 3.60. The summed E-state index contributed by atoms with van der Waals surface area (Å²) in [5.41, 5.74) is 7.22. The number of esters is 1. The van der Waals surface area contributed by atoms with Crippen LogP contribution < -0.4 is 5.73 Å². The Balaban J connectivity index is 2.72. The van der Waals surface area contributed by atoms with Crippen molar-refractivity contribution in [3.8, 4) is 0 Å². The highest BCUT2D eigenvalue weighted by Crippen LogP contribution is 2.46. The normalized spacial score (nSPS) is 30.1. The van der Waals surface area contributed by atoms with Crippen molar-refractivity contribution in [2.75, 3.05) is 13.2 Å². The first kappa shape index (κ1) is 17.2. The lowest BCUT2D eigenvalue weighted by Crippen LogP contribution is -2.42. The minimum Gasteiger partial charge on any atom is -0.466 e. The van der Waals surface area contributed by atoms with Crippen LogP contribution in [-0.2, 0) is 9.53 Å². The molecule has 1 aliphatic rings. The van der Waals surface area contributed by atoms with Gasteiger partial charge in [0.05, 0.1) is 19.1 Å². The molecule has 0 amide bonds. The van der Waals surface area contributed by atoms with Gasteiger partial charge in [-0.2, -0.15) is 0 Å². The van der Waals surface area contributed by atoms with E-state index in [1.807, 2.05) is 13.8 Å². The third-order valence-electron chi connectivity index (χ3n) is 4.02. The molecule has 0 spiro atoms. The zero-order valence-electron chi connectivity index (χ0n) is 13.7. The molecular formula is C16H30N2O2. The van der Waals surface area contributed by atoms with Crippen molar-refractivity contribution in [3.63, 3.8) is 0 Å². The molecule has 1 saturated carbocycles. The Bertz CT molecular complexity index is 377. The molecule has 4 heteroatoms. The first-order valence-electron chi connectivity index (χ1n) is 7.59. The van der Waals surface area contributed by atoms with Crippen molar-refractivity contribution in [3.05, 3.63) is 0 Å². The number of ether oxygens (including phenoxy) is 1. The van der Waals surface area contributed by atoms with E-state index < -0.39 is 0 Å². The van der Waals surface area contributed by atoms with Crippen LogP contribution in [0, 0.1) is 10.8 Å². The largest absolute Gasteiger partial charge is 0.466 e. The molecule has 2 atom stereocenters. The highest BCUT2D eigenvalue weighted by Gasteiger charge is 2.40. The van der Waals surface area contributed by atoms with Crippen molar-refractivity contribution in [2.45, 2.75) is 66.3 Å². The Kier molecular flexibility index (Phi) is 5.75. The van der Waals surface area contributed by atoms with Gasteiger partial charge < -0.3 is 10.5 Å². The molecule has 2 unspecified atom stereocenters. The van der Waals surface area contributed by atoms with Crippen molar-refractivity contribution in [1.82, 2.24) is 0 Å². The molecule has 0 saturated heterocycles. The Morgan fingerprint density at radius 2 is 2.00 bits per heavy atom. The Hall–Kier alpha value is -0.900. The smallest absolute Gasteiger partial charge is 0.311 e. The van der Waals surface area contributed by atoms with E-state index in [0.29, 0.717) is 19.6 Å². The average molecular weight is 282 g/mol. The topological polar surface area (TPSA) is 64.7 Å². The second-order valence-corrected chi connectivity index (χ2v) is 7.26. The van der Waals surface area contributed by atoms with Gasteiger partial charge in [0.2, 0.25) is 0 Å². The standard InChI is InChI=1S/C16H30N2O2/c1-6-20-14(19)7-12(2)18-13-8-15(3,4)10-16(5,9-13)11-17/h13H,6-11,17H2,1-5H3. The molecule has 2 N–H and O–H groups in total. The van der Waals surface area contributed by atoms with Crippen LogP contribution in [0.5, 0.6) is 0 Å². The van der Waals surface area contributed by atoms with Gasteiger partial charge >= 0.3 is 5.97 Å². The molecule has 0 aromatic rings. The first-order chi connectivity index (χ1) is 9.19. The third-order valence-corrected chi connectivity index (χ3v) is 4.02. The summed E-state index contributed by atoms with van der Waals surface area (Å²) < 4.78 is 4.96. The van der Waals surface area contributed by atoms with Gasteiger partial charge in [-0.25, -0.2) is 0 Å². The Labute approximate surface area is 123 Å². The number of hydrogen-bond acceptors (Lipinski definition) is 4. The minimum atomic E-state index is -0.189. The van der Waals surface area contributed by atoms with Gasteiger partial charge in [0.1, 0.15) is 0 Å². The summed E-state index contributed by atoms with van der Waals surface area (Å²) in [7, 11) is 0. The molecule has 4 nitrogen and oxygen atoms in total. The number of carbonyl (C=O) groups is 1. The maximum absolute atomic E-state index is 11.5. The molecule has 0 heterocycles. The first-order valence-corrected chi connectivity index (χ1v) is 7.59. The van der Waals surface area contributed by atoms with E-state index in [4.69, 9.17) is 15.5 Å². The summed E-state index contributed by atoms with van der Waals surface area (Å²) >= 11 is 0. The number of carbonyl (C=O) groups excluding carboxylic acids is 1. The number of nitrogens with two attached hydrogens (primary N) is 1. The lowest BCUT2D eigenvalue weighted by molar-refractivity contribution is -0.141. The van der Waals surface area contributed by atoms with E-state index in [0.717, 1.165) is 25.0 Å². The zero-order valence-corrected chi connectivity index (χ0v) is 13.7. The van der Waals surface area contributed by atoms with Gasteiger partial charge in [-0.3, -0.25) is 9.79 Å². The highest BCUT2D eigenvalue weighted by molar-refractivity contribution is 5.97. The van der Waals surface area contributed by atoms with Crippen LogP contribution >= 0.6 is 0 Å². The number of aliphatic imine (C=N–C) groups is 1. The maximum atomic E-state index is 11.5. The fraction of sp³-hybridized carbons (Fsp3) is 0.875. The van der Waals surface area contributed by atoms with E-state index in [-0.39, 0.29) is 22.8 Å². The molecule has 0 bridgehead atoms. The Morgan fingerprint density at radius 3 is 2.55 bits per heavy atom. The van der Waals surface area contributed by atoms with Crippen LogP contribution in [0.25, 0.3) is 0 Å². The van der Waals surface area contributed by atoms with Gasteiger partial charge in [-0.05, 0) is 50.5 Å². The molecule has 1 rings (SSSR count). The summed E-state index contributed by atoms with van der Waals surface area (Å²) in [5, 5.41) is 0. The van der Waals surface area contributed by atoms with E-state index in [1.54, 1.807) is 0 Å². The van der Waals surface area contributed by atoms with Crippen molar-refractivity contribution >= 4 is 11.7 Å². The van der Waals surface area contributed by atoms with Crippen LogP contribution in [0.1, 0.15) is 60.3 Å². The molecular weight excluding hydrogens is 252 g/mol. The minimum absolute atomic E-state index is 0.153. The number of hydrogen-bond donors (Lipinski definition) is 1. The van der Waals surface area contributed by atoms with Gasteiger partial charge in [-0.1, -0.05) is 20.8 Å². The maximum Gasteiger partial charge on any atom is 0.311 e. The van der Waals surface area contributed by atoms with Crippen LogP contribution in [0.15, 0.2) is 4.99 Å². The summed E-state index contributed by atoms with van der Waals surface area (Å²) in [4.78, 5) is 16.2. The van der Waals surface area contributed by atoms with Crippen LogP contribution in [0.2, 0.25) is 0 Å². The Morgan fingerprint density at radius 1 is 1.35 bits per heavy atom. The van der Waals surface area contributed by atoms with Crippen molar-refractivity contribution in [1.29, 1.82) is 0 Å². The molecule has 116 valence electrons. The lowest BCUT2D eigenvalue weighted by atomic mass is 9.63. The quantitative estimate of drug-likeness (QED) is 0.623. The van der Waals surface area contributed by atoms with Crippen molar-refractivity contribution in [2.24, 2.45) is 21.6 Å². The van der Waals surface area contributed by atoms with E-state index >= 15 is 0 Å². The van der Waals surface area contributed by atoms with Crippen molar-refractivity contribution < 1.29 is 9.53 Å². The van der Waals surface area contributed by atoms with Crippen LogP contribution in [0.3, 0.4) is 0 Å². The predicted molar refractivity (Wildman–Crippen MR) is 82.9 cm³/mol. The van der Waals surface area contributed by atoms with Gasteiger partial charge in [0.15, 0.2) is 0 Å². The van der Waals surface area contributed by atoms with Gasteiger partial charge in [0, 0.05) is 5.71 Å². The molecule has 0 aromatic carbocycles. The number of rotatable bonds is 5. The second-order valence-electron chi connectivity index (χ2n) is 7.26. The van der Waals surface area contributed by atoms with E-state index in [1.165, 1.54) is 0 Å².